The zero-order chi connectivity index (χ0) is 27.5. The van der Waals surface area contributed by atoms with Gasteiger partial charge in [-0.3, -0.25) is 48.9 Å². The molecular formula is C22H31N5O10. The van der Waals surface area contributed by atoms with E-state index in [1.54, 1.807) is 19.6 Å². The second-order valence-electron chi connectivity index (χ2n) is 8.70. The summed E-state index contributed by atoms with van der Waals surface area (Å²) in [5, 5.41) is 48.7. The predicted molar refractivity (Wildman–Crippen MR) is 127 cm³/mol. The number of benzene rings is 1. The molecule has 15 heteroatoms. The van der Waals surface area contributed by atoms with Crippen LogP contribution in [0, 0.1) is 10.1 Å². The van der Waals surface area contributed by atoms with Crippen molar-refractivity contribution in [1.82, 2.24) is 19.6 Å². The minimum absolute atomic E-state index is 0.0389. The molecule has 0 spiro atoms. The number of aliphatic carboxylic acids is 4. The molecule has 1 fully saturated rings. The van der Waals surface area contributed by atoms with Crippen LogP contribution in [0.3, 0.4) is 0 Å². The molecule has 4 N–H and O–H groups in total. The van der Waals surface area contributed by atoms with Gasteiger partial charge in [-0.25, -0.2) is 0 Å². The van der Waals surface area contributed by atoms with Crippen LogP contribution in [-0.2, 0) is 19.2 Å². The van der Waals surface area contributed by atoms with Gasteiger partial charge in [-0.2, -0.15) is 0 Å². The molecule has 1 aromatic rings. The Morgan fingerprint density at radius 1 is 0.703 bits per heavy atom. The van der Waals surface area contributed by atoms with Gasteiger partial charge in [0, 0.05) is 64.0 Å². The minimum Gasteiger partial charge on any atom is -0.480 e. The summed E-state index contributed by atoms with van der Waals surface area (Å²) in [5.74, 6) is -4.46. The molecule has 2 rings (SSSR count). The average Bonchev–Trinajstić information content (AvgIpc) is 2.79. The molecule has 15 nitrogen and oxygen atoms in total. The monoisotopic (exact) mass is 525 g/mol. The van der Waals surface area contributed by atoms with Crippen molar-refractivity contribution in [3.63, 3.8) is 0 Å². The van der Waals surface area contributed by atoms with Crippen molar-refractivity contribution >= 4 is 29.6 Å². The van der Waals surface area contributed by atoms with E-state index in [2.05, 4.69) is 0 Å². The molecule has 1 aromatic carbocycles. The van der Waals surface area contributed by atoms with Crippen molar-refractivity contribution in [2.45, 2.75) is 6.04 Å². The van der Waals surface area contributed by atoms with Crippen LogP contribution >= 0.6 is 0 Å². The van der Waals surface area contributed by atoms with Gasteiger partial charge < -0.3 is 20.4 Å². The summed E-state index contributed by atoms with van der Waals surface area (Å²) in [6.07, 6.45) is 0. The fourth-order valence-electron chi connectivity index (χ4n) is 4.20. The lowest BCUT2D eigenvalue weighted by Gasteiger charge is -2.37. The molecule has 0 radical (unpaired) electrons. The highest BCUT2D eigenvalue weighted by atomic mass is 16.6. The Kier molecular flexibility index (Phi) is 11.3. The van der Waals surface area contributed by atoms with E-state index in [1.165, 1.54) is 24.3 Å². The Labute approximate surface area is 212 Å². The molecule has 0 aliphatic carbocycles. The van der Waals surface area contributed by atoms with Crippen LogP contribution in [0.5, 0.6) is 0 Å². The minimum atomic E-state index is -1.15. The third-order valence-electron chi connectivity index (χ3n) is 5.94. The summed E-state index contributed by atoms with van der Waals surface area (Å²) in [6, 6.07) is 4.81. The molecule has 1 atom stereocenters. The van der Waals surface area contributed by atoms with E-state index in [0.717, 1.165) is 0 Å². The van der Waals surface area contributed by atoms with Gasteiger partial charge in [0.05, 0.1) is 31.1 Å². The highest BCUT2D eigenvalue weighted by molar-refractivity contribution is 5.70. The number of hydrogen-bond acceptors (Lipinski definition) is 10. The van der Waals surface area contributed by atoms with Crippen LogP contribution in [0.15, 0.2) is 24.3 Å². The Morgan fingerprint density at radius 3 is 1.54 bits per heavy atom. The zero-order valence-electron chi connectivity index (χ0n) is 20.1. The number of nitro groups is 1. The highest BCUT2D eigenvalue weighted by Gasteiger charge is 2.28. The third kappa shape index (κ3) is 10.5. The van der Waals surface area contributed by atoms with Crippen molar-refractivity contribution in [1.29, 1.82) is 0 Å². The van der Waals surface area contributed by atoms with Crippen LogP contribution in [0.1, 0.15) is 11.6 Å². The molecule has 1 aliphatic rings. The van der Waals surface area contributed by atoms with E-state index >= 15 is 0 Å². The molecular weight excluding hydrogens is 494 g/mol. The first-order valence-electron chi connectivity index (χ1n) is 11.5. The zero-order valence-corrected chi connectivity index (χ0v) is 20.1. The van der Waals surface area contributed by atoms with Gasteiger partial charge in [0.1, 0.15) is 0 Å². The van der Waals surface area contributed by atoms with Crippen LogP contribution < -0.4 is 0 Å². The number of carboxylic acid groups (broad SMARTS) is 4. The molecule has 0 saturated carbocycles. The quantitative estimate of drug-likeness (QED) is 0.218. The second kappa shape index (κ2) is 14.2. The number of carbonyl (C=O) groups is 4. The van der Waals surface area contributed by atoms with Gasteiger partial charge >= 0.3 is 23.9 Å². The second-order valence-corrected chi connectivity index (χ2v) is 8.70. The van der Waals surface area contributed by atoms with Gasteiger partial charge in [0.2, 0.25) is 0 Å². The van der Waals surface area contributed by atoms with Gasteiger partial charge in [0.15, 0.2) is 0 Å². The number of nitrogens with zero attached hydrogens (tertiary/aromatic N) is 5. The number of carboxylic acids is 4. The molecule has 0 amide bonds. The van der Waals surface area contributed by atoms with Crippen molar-refractivity contribution in [2.24, 2.45) is 0 Å². The van der Waals surface area contributed by atoms with Gasteiger partial charge in [-0.15, -0.1) is 0 Å². The number of nitro benzene ring substituents is 1. The molecule has 0 bridgehead atoms. The van der Waals surface area contributed by atoms with Crippen molar-refractivity contribution in [3.05, 3.63) is 39.9 Å². The fraction of sp³-hybridized carbons (Fsp3) is 0.545. The number of hydrogen-bond donors (Lipinski definition) is 4. The lowest BCUT2D eigenvalue weighted by atomic mass is 10.0. The fourth-order valence-corrected chi connectivity index (χ4v) is 4.20. The lowest BCUT2D eigenvalue weighted by molar-refractivity contribution is -0.384. The Balaban J connectivity index is 2.48. The third-order valence-corrected chi connectivity index (χ3v) is 5.94. The first kappa shape index (κ1) is 29.6. The van der Waals surface area contributed by atoms with E-state index in [9.17, 15) is 49.7 Å². The Bertz CT molecular complexity index is 973. The molecule has 1 heterocycles. The standard InChI is InChI=1S/C22H31N5O10/c28-19(29)12-23-5-6-24(13-20(30)31)9-10-26(15-22(34)35)18(11-25(8-7-23)14-21(32)33)16-1-3-17(4-2-16)27(36)37/h1-4,18H,5-15H2,(H,28,29)(H,30,31)(H,32,33)(H,34,35). The maximum Gasteiger partial charge on any atom is 0.317 e. The maximum atomic E-state index is 11.7. The van der Waals surface area contributed by atoms with Crippen molar-refractivity contribution in [3.8, 4) is 0 Å². The van der Waals surface area contributed by atoms with Crippen LogP contribution in [-0.4, -0.2) is 141 Å². The summed E-state index contributed by atoms with van der Waals surface area (Å²) in [6.45, 7) is -0.484. The van der Waals surface area contributed by atoms with E-state index in [0.29, 0.717) is 5.56 Å². The van der Waals surface area contributed by atoms with Crippen molar-refractivity contribution in [2.75, 3.05) is 72.0 Å². The summed E-state index contributed by atoms with van der Waals surface area (Å²) < 4.78 is 0. The number of non-ortho nitro benzene ring substituents is 1. The smallest absolute Gasteiger partial charge is 0.317 e. The molecule has 1 unspecified atom stereocenters. The molecule has 1 saturated heterocycles. The normalized spacial score (nSPS) is 19.4. The molecule has 37 heavy (non-hydrogen) atoms. The Hall–Kier alpha value is -3.66. The summed E-state index contributed by atoms with van der Waals surface area (Å²) >= 11 is 0. The van der Waals surface area contributed by atoms with E-state index < -0.39 is 47.9 Å². The Morgan fingerprint density at radius 2 is 1.11 bits per heavy atom. The van der Waals surface area contributed by atoms with Gasteiger partial charge in [-0.05, 0) is 5.56 Å². The van der Waals surface area contributed by atoms with Crippen molar-refractivity contribution < 1.29 is 44.5 Å². The van der Waals surface area contributed by atoms with E-state index in [1.807, 2.05) is 0 Å². The van der Waals surface area contributed by atoms with E-state index in [-0.39, 0.29) is 64.6 Å². The van der Waals surface area contributed by atoms with E-state index in [4.69, 9.17) is 0 Å². The predicted octanol–water partition coefficient (Wildman–Crippen LogP) is -0.804. The van der Waals surface area contributed by atoms with Crippen LogP contribution in [0.4, 0.5) is 5.69 Å². The van der Waals surface area contributed by atoms with Gasteiger partial charge in [0.25, 0.3) is 5.69 Å². The molecule has 204 valence electrons. The maximum absolute atomic E-state index is 11.7. The first-order valence-corrected chi connectivity index (χ1v) is 11.5. The first-order chi connectivity index (χ1) is 17.4. The average molecular weight is 526 g/mol. The SMILES string of the molecule is O=C(O)CN1CCN(CC(=O)O)CCN(CC(=O)O)C(c2ccc([N+](=O)[O-])cc2)CN(CC(=O)O)CC1. The van der Waals surface area contributed by atoms with Gasteiger partial charge in [-0.1, -0.05) is 12.1 Å². The van der Waals surface area contributed by atoms with Crippen LogP contribution in [0.2, 0.25) is 0 Å². The summed E-state index contributed by atoms with van der Waals surface area (Å²) in [4.78, 5) is 62.9. The summed E-state index contributed by atoms with van der Waals surface area (Å²) in [5.41, 5.74) is 0.354. The number of rotatable bonds is 10. The summed E-state index contributed by atoms with van der Waals surface area (Å²) in [7, 11) is 0. The molecule has 1 aliphatic heterocycles. The highest BCUT2D eigenvalue weighted by Crippen LogP contribution is 2.25. The topological polar surface area (TPSA) is 205 Å². The van der Waals surface area contributed by atoms with Crippen LogP contribution in [0.25, 0.3) is 0 Å². The molecule has 0 aromatic heterocycles. The lowest BCUT2D eigenvalue weighted by Crippen LogP contribution is -2.50. The largest absolute Gasteiger partial charge is 0.480 e.